The third-order valence-electron chi connectivity index (χ3n) is 5.48. The van der Waals surface area contributed by atoms with Crippen molar-refractivity contribution in [3.05, 3.63) is 42.0 Å². The summed E-state index contributed by atoms with van der Waals surface area (Å²) in [6.45, 7) is 2.59. The maximum Gasteiger partial charge on any atom is 0.243 e. The number of benzene rings is 2. The predicted octanol–water partition coefficient (Wildman–Crippen LogP) is 3.14. The third-order valence-corrected chi connectivity index (χ3v) is 7.38. The molecule has 1 saturated heterocycles. The van der Waals surface area contributed by atoms with Gasteiger partial charge in [0.15, 0.2) is 23.0 Å². The largest absolute Gasteiger partial charge is 0.490 e. The molecule has 2 aromatic rings. The first-order chi connectivity index (χ1) is 14.1. The highest BCUT2D eigenvalue weighted by molar-refractivity contribution is 7.89. The zero-order valence-electron chi connectivity index (χ0n) is 16.0. The highest BCUT2D eigenvalue weighted by Gasteiger charge is 2.37. The highest BCUT2D eigenvalue weighted by Crippen LogP contribution is 2.41. The van der Waals surface area contributed by atoms with Crippen LogP contribution in [0, 0.1) is 0 Å². The Balaban J connectivity index is 1.47. The smallest absolute Gasteiger partial charge is 0.243 e. The topological polar surface area (TPSA) is 74.3 Å². The predicted molar refractivity (Wildman–Crippen MR) is 105 cm³/mol. The molecule has 29 heavy (non-hydrogen) atoms. The van der Waals surface area contributed by atoms with E-state index in [1.165, 1.54) is 0 Å². The molecular formula is C21H23NO6S. The Bertz CT molecular complexity index is 1020. The van der Waals surface area contributed by atoms with Crippen molar-refractivity contribution in [2.75, 3.05) is 33.0 Å². The fourth-order valence-electron chi connectivity index (χ4n) is 4.07. The number of fused-ring (bicyclic) bond motifs is 2. The van der Waals surface area contributed by atoms with E-state index in [0.717, 1.165) is 24.8 Å². The van der Waals surface area contributed by atoms with Crippen LogP contribution >= 0.6 is 0 Å². The quantitative estimate of drug-likeness (QED) is 0.764. The Morgan fingerprint density at radius 3 is 2.24 bits per heavy atom. The number of ether oxygens (including phenoxy) is 4. The summed E-state index contributed by atoms with van der Waals surface area (Å²) in [5.41, 5.74) is 0.924. The molecule has 0 aromatic heterocycles. The summed E-state index contributed by atoms with van der Waals surface area (Å²) in [7, 11) is -3.67. The second-order valence-electron chi connectivity index (χ2n) is 7.34. The van der Waals surface area contributed by atoms with Gasteiger partial charge in [0.05, 0.1) is 24.2 Å². The lowest BCUT2D eigenvalue weighted by Gasteiger charge is -2.26. The van der Waals surface area contributed by atoms with E-state index >= 15 is 0 Å². The molecule has 0 aliphatic carbocycles. The van der Waals surface area contributed by atoms with Gasteiger partial charge < -0.3 is 18.9 Å². The van der Waals surface area contributed by atoms with Gasteiger partial charge in [-0.1, -0.05) is 6.07 Å². The van der Waals surface area contributed by atoms with E-state index in [9.17, 15) is 8.42 Å². The Morgan fingerprint density at radius 1 is 0.759 bits per heavy atom. The van der Waals surface area contributed by atoms with Crippen LogP contribution in [0.1, 0.15) is 30.9 Å². The minimum Gasteiger partial charge on any atom is -0.490 e. The SMILES string of the molecule is O=S(=O)(c1ccc2c(c1)OCCO2)N1CCC[C@H]1c1ccc2c(c1)OCCCO2. The van der Waals surface area contributed by atoms with E-state index in [-0.39, 0.29) is 10.9 Å². The molecule has 0 radical (unpaired) electrons. The second kappa shape index (κ2) is 7.42. The van der Waals surface area contributed by atoms with Crippen molar-refractivity contribution in [1.82, 2.24) is 4.31 Å². The third kappa shape index (κ3) is 3.40. The Hall–Kier alpha value is -2.45. The van der Waals surface area contributed by atoms with Gasteiger partial charge in [0.2, 0.25) is 10.0 Å². The van der Waals surface area contributed by atoms with Crippen molar-refractivity contribution in [1.29, 1.82) is 0 Å². The van der Waals surface area contributed by atoms with E-state index < -0.39 is 10.0 Å². The normalized spacial score (nSPS) is 21.6. The minimum atomic E-state index is -3.67. The molecule has 3 heterocycles. The van der Waals surface area contributed by atoms with Gasteiger partial charge in [-0.2, -0.15) is 4.31 Å². The van der Waals surface area contributed by atoms with Crippen LogP contribution in [0.15, 0.2) is 41.3 Å². The maximum absolute atomic E-state index is 13.4. The molecule has 0 amide bonds. The zero-order valence-corrected chi connectivity index (χ0v) is 16.8. The van der Waals surface area contributed by atoms with Crippen LogP contribution in [0.3, 0.4) is 0 Å². The van der Waals surface area contributed by atoms with Crippen molar-refractivity contribution in [3.63, 3.8) is 0 Å². The van der Waals surface area contributed by atoms with Gasteiger partial charge in [-0.25, -0.2) is 8.42 Å². The number of hydrogen-bond acceptors (Lipinski definition) is 6. The lowest BCUT2D eigenvalue weighted by Crippen LogP contribution is -2.31. The molecule has 7 nitrogen and oxygen atoms in total. The summed E-state index contributed by atoms with van der Waals surface area (Å²) >= 11 is 0. The molecule has 0 bridgehead atoms. The van der Waals surface area contributed by atoms with E-state index in [2.05, 4.69) is 0 Å². The van der Waals surface area contributed by atoms with Crippen LogP contribution in [0.5, 0.6) is 23.0 Å². The number of sulfonamides is 1. The van der Waals surface area contributed by atoms with Crippen molar-refractivity contribution in [2.45, 2.75) is 30.2 Å². The average Bonchev–Trinajstić information content (AvgIpc) is 3.13. The molecular weight excluding hydrogens is 394 g/mol. The van der Waals surface area contributed by atoms with Crippen LogP contribution in [0.4, 0.5) is 0 Å². The monoisotopic (exact) mass is 417 g/mol. The van der Waals surface area contributed by atoms with Gasteiger partial charge in [0.25, 0.3) is 0 Å². The van der Waals surface area contributed by atoms with Gasteiger partial charge in [-0.05, 0) is 42.7 Å². The zero-order chi connectivity index (χ0) is 19.8. The summed E-state index contributed by atoms with van der Waals surface area (Å²) in [5, 5.41) is 0. The van der Waals surface area contributed by atoms with Gasteiger partial charge in [0, 0.05) is 19.0 Å². The summed E-state index contributed by atoms with van der Waals surface area (Å²) in [5.74, 6) is 2.45. The van der Waals surface area contributed by atoms with E-state index in [4.69, 9.17) is 18.9 Å². The van der Waals surface area contributed by atoms with Crippen molar-refractivity contribution in [3.8, 4) is 23.0 Å². The maximum atomic E-state index is 13.4. The fraction of sp³-hybridized carbons (Fsp3) is 0.429. The van der Waals surface area contributed by atoms with Crippen LogP contribution in [0.25, 0.3) is 0 Å². The molecule has 8 heteroatoms. The van der Waals surface area contributed by atoms with Crippen molar-refractivity contribution < 1.29 is 27.4 Å². The summed E-state index contributed by atoms with van der Waals surface area (Å²) in [6.07, 6.45) is 2.41. The molecule has 154 valence electrons. The molecule has 0 unspecified atom stereocenters. The molecule has 0 spiro atoms. The van der Waals surface area contributed by atoms with Crippen LogP contribution in [-0.2, 0) is 10.0 Å². The average molecular weight is 417 g/mol. The van der Waals surface area contributed by atoms with Crippen molar-refractivity contribution >= 4 is 10.0 Å². The van der Waals surface area contributed by atoms with E-state index in [1.807, 2.05) is 18.2 Å². The first-order valence-electron chi connectivity index (χ1n) is 9.94. The van der Waals surface area contributed by atoms with Crippen LogP contribution in [-0.4, -0.2) is 45.7 Å². The first kappa shape index (κ1) is 18.6. The molecule has 1 fully saturated rings. The highest BCUT2D eigenvalue weighted by atomic mass is 32.2. The summed E-state index contributed by atoms with van der Waals surface area (Å²) in [6, 6.07) is 10.3. The molecule has 5 rings (SSSR count). The molecule has 2 aromatic carbocycles. The van der Waals surface area contributed by atoms with Gasteiger partial charge >= 0.3 is 0 Å². The molecule has 3 aliphatic rings. The van der Waals surface area contributed by atoms with Crippen LogP contribution in [0.2, 0.25) is 0 Å². The summed E-state index contributed by atoms with van der Waals surface area (Å²) < 4.78 is 51.0. The molecule has 3 aliphatic heterocycles. The van der Waals surface area contributed by atoms with E-state index in [0.29, 0.717) is 56.0 Å². The lowest BCUT2D eigenvalue weighted by atomic mass is 10.0. The lowest BCUT2D eigenvalue weighted by molar-refractivity contribution is 0.171. The van der Waals surface area contributed by atoms with Gasteiger partial charge in [-0.15, -0.1) is 0 Å². The molecule has 1 atom stereocenters. The standard InChI is InChI=1S/C21H23NO6S/c23-29(24,16-5-7-19-21(14-16)28-12-11-27-19)22-8-1-3-17(22)15-4-6-18-20(13-15)26-10-2-9-25-18/h4-7,13-14,17H,1-3,8-12H2/t17-/m0/s1. The Kier molecular flexibility index (Phi) is 4.75. The minimum absolute atomic E-state index is 0.225. The Morgan fingerprint density at radius 2 is 1.41 bits per heavy atom. The van der Waals surface area contributed by atoms with E-state index in [1.54, 1.807) is 22.5 Å². The number of hydrogen-bond donors (Lipinski definition) is 0. The number of rotatable bonds is 3. The fourth-order valence-corrected chi connectivity index (χ4v) is 5.77. The van der Waals surface area contributed by atoms with Gasteiger partial charge in [-0.3, -0.25) is 0 Å². The first-order valence-corrected chi connectivity index (χ1v) is 11.4. The molecule has 0 saturated carbocycles. The van der Waals surface area contributed by atoms with Gasteiger partial charge in [0.1, 0.15) is 13.2 Å². The van der Waals surface area contributed by atoms with Crippen LogP contribution < -0.4 is 18.9 Å². The van der Waals surface area contributed by atoms with Crippen molar-refractivity contribution in [2.24, 2.45) is 0 Å². The Labute approximate surface area is 170 Å². The number of nitrogens with zero attached hydrogens (tertiary/aromatic N) is 1. The summed E-state index contributed by atoms with van der Waals surface area (Å²) in [4.78, 5) is 0.225. The molecule has 0 N–H and O–H groups in total. The second-order valence-corrected chi connectivity index (χ2v) is 9.23.